The first-order chi connectivity index (χ1) is 10.2. The summed E-state index contributed by atoms with van der Waals surface area (Å²) in [6.45, 7) is 5.32. The molecule has 5 heteroatoms. The van der Waals surface area contributed by atoms with Gasteiger partial charge in [-0.05, 0) is 24.1 Å². The fourth-order valence-corrected chi connectivity index (χ4v) is 3.28. The highest BCUT2D eigenvalue weighted by Gasteiger charge is 2.12. The maximum absolute atomic E-state index is 4.27. The van der Waals surface area contributed by atoms with Crippen LogP contribution in [0.1, 0.15) is 37.4 Å². The number of aromatic nitrogens is 3. The van der Waals surface area contributed by atoms with Crippen molar-refractivity contribution < 1.29 is 0 Å². The Bertz CT molecular complexity index is 535. The zero-order chi connectivity index (χ0) is 15.1. The van der Waals surface area contributed by atoms with Gasteiger partial charge >= 0.3 is 0 Å². The van der Waals surface area contributed by atoms with Gasteiger partial charge in [-0.2, -0.15) is 5.10 Å². The molecule has 1 aromatic carbocycles. The summed E-state index contributed by atoms with van der Waals surface area (Å²) in [4.78, 5) is 4.27. The van der Waals surface area contributed by atoms with Gasteiger partial charge in [-0.25, -0.2) is 9.67 Å². The number of hydrogen-bond donors (Lipinski definition) is 1. The second-order valence-corrected chi connectivity index (χ2v) is 6.07. The Morgan fingerprint density at radius 3 is 2.57 bits per heavy atom. The van der Waals surface area contributed by atoms with Crippen LogP contribution in [0.3, 0.4) is 0 Å². The Labute approximate surface area is 131 Å². The third-order valence-electron chi connectivity index (χ3n) is 3.42. The highest BCUT2D eigenvalue weighted by atomic mass is 32.2. The summed E-state index contributed by atoms with van der Waals surface area (Å²) in [5.74, 6) is 0.952. The van der Waals surface area contributed by atoms with E-state index in [4.69, 9.17) is 0 Å². The molecule has 4 nitrogen and oxygen atoms in total. The van der Waals surface area contributed by atoms with Gasteiger partial charge in [0.1, 0.15) is 6.33 Å². The Morgan fingerprint density at radius 1 is 1.24 bits per heavy atom. The van der Waals surface area contributed by atoms with Crippen LogP contribution in [0, 0.1) is 0 Å². The Morgan fingerprint density at radius 2 is 2.00 bits per heavy atom. The number of nitrogens with one attached hydrogen (secondary N) is 1. The standard InChI is InChI=1S/C16H24N4S/c1-4-6-13-7-9-14(10-8-13)15(17-5-2)11-21-16-18-12-19-20(16)3/h7-10,12,15,17H,4-6,11H2,1-3H3. The fraction of sp³-hybridized carbons (Fsp3) is 0.500. The van der Waals surface area contributed by atoms with E-state index in [0.29, 0.717) is 6.04 Å². The van der Waals surface area contributed by atoms with Gasteiger partial charge in [0.25, 0.3) is 0 Å². The van der Waals surface area contributed by atoms with Crippen molar-refractivity contribution in [2.75, 3.05) is 12.3 Å². The monoisotopic (exact) mass is 304 g/mol. The minimum atomic E-state index is 0.340. The van der Waals surface area contributed by atoms with Gasteiger partial charge in [0.2, 0.25) is 0 Å². The van der Waals surface area contributed by atoms with Crippen LogP contribution in [0.25, 0.3) is 0 Å². The van der Waals surface area contributed by atoms with Crippen molar-refractivity contribution >= 4 is 11.8 Å². The highest BCUT2D eigenvalue weighted by Crippen LogP contribution is 2.23. The summed E-state index contributed by atoms with van der Waals surface area (Å²) in [6.07, 6.45) is 3.95. The first kappa shape index (κ1) is 16.0. The van der Waals surface area contributed by atoms with Crippen LogP contribution in [0.2, 0.25) is 0 Å². The van der Waals surface area contributed by atoms with Crippen LogP contribution in [-0.4, -0.2) is 27.1 Å². The van der Waals surface area contributed by atoms with E-state index in [9.17, 15) is 0 Å². The van der Waals surface area contributed by atoms with Gasteiger partial charge in [0.15, 0.2) is 5.16 Å². The Hall–Kier alpha value is -1.33. The van der Waals surface area contributed by atoms with Gasteiger partial charge in [0.05, 0.1) is 0 Å². The Kier molecular flexibility index (Phi) is 6.26. The molecule has 21 heavy (non-hydrogen) atoms. The number of nitrogens with zero attached hydrogens (tertiary/aromatic N) is 3. The smallest absolute Gasteiger partial charge is 0.185 e. The summed E-state index contributed by atoms with van der Waals surface area (Å²) in [7, 11) is 1.93. The molecule has 114 valence electrons. The summed E-state index contributed by atoms with van der Waals surface area (Å²) in [5.41, 5.74) is 2.75. The molecule has 0 spiro atoms. The zero-order valence-electron chi connectivity index (χ0n) is 13.0. The number of rotatable bonds is 8. The van der Waals surface area contributed by atoms with Gasteiger partial charge in [-0.15, -0.1) is 0 Å². The van der Waals surface area contributed by atoms with Crippen LogP contribution in [0.5, 0.6) is 0 Å². The van der Waals surface area contributed by atoms with Crippen molar-refractivity contribution in [3.8, 4) is 0 Å². The Balaban J connectivity index is 2.02. The third kappa shape index (κ3) is 4.58. The molecule has 2 aromatic rings. The molecule has 1 atom stereocenters. The molecule has 0 radical (unpaired) electrons. The molecule has 0 bridgehead atoms. The fourth-order valence-electron chi connectivity index (χ4n) is 2.30. The molecule has 1 N–H and O–H groups in total. The maximum atomic E-state index is 4.27. The quantitative estimate of drug-likeness (QED) is 0.761. The molecule has 0 aliphatic heterocycles. The maximum Gasteiger partial charge on any atom is 0.185 e. The van der Waals surface area contributed by atoms with Crippen LogP contribution in [-0.2, 0) is 13.5 Å². The summed E-state index contributed by atoms with van der Waals surface area (Å²) >= 11 is 1.74. The van der Waals surface area contributed by atoms with Crippen LogP contribution >= 0.6 is 11.8 Å². The van der Waals surface area contributed by atoms with Crippen LogP contribution in [0.15, 0.2) is 35.7 Å². The van der Waals surface area contributed by atoms with E-state index < -0.39 is 0 Å². The topological polar surface area (TPSA) is 42.7 Å². The second-order valence-electron chi connectivity index (χ2n) is 5.08. The second kappa shape index (κ2) is 8.20. The van der Waals surface area contributed by atoms with Gasteiger partial charge in [-0.3, -0.25) is 0 Å². The molecule has 1 aromatic heterocycles. The van der Waals surface area contributed by atoms with Crippen molar-refractivity contribution in [2.45, 2.75) is 37.9 Å². The van der Waals surface area contributed by atoms with E-state index in [1.807, 2.05) is 11.7 Å². The summed E-state index contributed by atoms with van der Waals surface area (Å²) < 4.78 is 1.82. The van der Waals surface area contributed by atoms with Crippen molar-refractivity contribution in [1.82, 2.24) is 20.1 Å². The van der Waals surface area contributed by atoms with Crippen molar-refractivity contribution in [2.24, 2.45) is 7.05 Å². The van der Waals surface area contributed by atoms with Crippen LogP contribution < -0.4 is 5.32 Å². The van der Waals surface area contributed by atoms with E-state index >= 15 is 0 Å². The molecule has 1 heterocycles. The summed E-state index contributed by atoms with van der Waals surface area (Å²) in [5, 5.41) is 8.62. The SMILES string of the molecule is CCCc1ccc(C(CSc2ncnn2C)NCC)cc1. The van der Waals surface area contributed by atoms with Crippen molar-refractivity contribution in [3.05, 3.63) is 41.7 Å². The number of benzene rings is 1. The molecule has 0 aliphatic rings. The lowest BCUT2D eigenvalue weighted by atomic mass is 10.0. The molecule has 0 aliphatic carbocycles. The molecule has 0 saturated carbocycles. The lowest BCUT2D eigenvalue weighted by molar-refractivity contribution is 0.603. The lowest BCUT2D eigenvalue weighted by Crippen LogP contribution is -2.23. The minimum absolute atomic E-state index is 0.340. The summed E-state index contributed by atoms with van der Waals surface area (Å²) in [6, 6.07) is 9.32. The van der Waals surface area contributed by atoms with Gasteiger partial charge < -0.3 is 5.32 Å². The van der Waals surface area contributed by atoms with Gasteiger partial charge in [0, 0.05) is 18.8 Å². The molecule has 2 rings (SSSR count). The van der Waals surface area contributed by atoms with Crippen molar-refractivity contribution in [3.63, 3.8) is 0 Å². The normalized spacial score (nSPS) is 12.5. The van der Waals surface area contributed by atoms with E-state index in [2.05, 4.69) is 53.5 Å². The van der Waals surface area contributed by atoms with E-state index in [1.165, 1.54) is 17.5 Å². The lowest BCUT2D eigenvalue weighted by Gasteiger charge is -2.18. The molecule has 0 amide bonds. The molecular formula is C16H24N4S. The minimum Gasteiger partial charge on any atom is -0.309 e. The molecular weight excluding hydrogens is 280 g/mol. The number of hydrogen-bond acceptors (Lipinski definition) is 4. The van der Waals surface area contributed by atoms with E-state index in [1.54, 1.807) is 18.1 Å². The first-order valence-corrected chi connectivity index (χ1v) is 8.52. The first-order valence-electron chi connectivity index (χ1n) is 7.53. The van der Waals surface area contributed by atoms with Crippen molar-refractivity contribution in [1.29, 1.82) is 0 Å². The number of thioether (sulfide) groups is 1. The molecule has 0 fully saturated rings. The zero-order valence-corrected chi connectivity index (χ0v) is 13.9. The molecule has 0 saturated heterocycles. The average molecular weight is 304 g/mol. The predicted molar refractivity (Wildman–Crippen MR) is 88.6 cm³/mol. The van der Waals surface area contributed by atoms with Gasteiger partial charge in [-0.1, -0.05) is 56.3 Å². The highest BCUT2D eigenvalue weighted by molar-refractivity contribution is 7.99. The van der Waals surface area contributed by atoms with E-state index in [0.717, 1.165) is 23.9 Å². The predicted octanol–water partition coefficient (Wildman–Crippen LogP) is 3.21. The van der Waals surface area contributed by atoms with Crippen LogP contribution in [0.4, 0.5) is 0 Å². The largest absolute Gasteiger partial charge is 0.309 e. The van der Waals surface area contributed by atoms with E-state index in [-0.39, 0.29) is 0 Å². The number of aryl methyl sites for hydroxylation is 2. The average Bonchev–Trinajstić information content (AvgIpc) is 2.90. The third-order valence-corrected chi connectivity index (χ3v) is 4.55. The molecule has 1 unspecified atom stereocenters.